The molecule has 0 atom stereocenters. The van der Waals surface area contributed by atoms with Gasteiger partial charge < -0.3 is 20.0 Å². The van der Waals surface area contributed by atoms with Crippen molar-refractivity contribution in [3.63, 3.8) is 0 Å². The Labute approximate surface area is 174 Å². The molecule has 1 aromatic carbocycles. The molecule has 2 heterocycles. The van der Waals surface area contributed by atoms with E-state index in [0.29, 0.717) is 30.8 Å². The summed E-state index contributed by atoms with van der Waals surface area (Å²) in [6.45, 7) is 8.45. The van der Waals surface area contributed by atoms with Crippen LogP contribution in [0.3, 0.4) is 0 Å². The van der Waals surface area contributed by atoms with Gasteiger partial charge in [-0.15, -0.1) is 11.3 Å². The first kappa shape index (κ1) is 21.1. The number of pyridine rings is 1. The maximum atomic E-state index is 12.4. The number of fused-ring (bicyclic) bond motifs is 3. The van der Waals surface area contributed by atoms with Crippen LogP contribution in [-0.4, -0.2) is 29.8 Å². The van der Waals surface area contributed by atoms with E-state index in [1.807, 2.05) is 32.9 Å². The highest BCUT2D eigenvalue weighted by Gasteiger charge is 2.16. The summed E-state index contributed by atoms with van der Waals surface area (Å²) >= 11 is 1.64. The Morgan fingerprint density at radius 2 is 2.14 bits per heavy atom. The van der Waals surface area contributed by atoms with Crippen LogP contribution in [0.15, 0.2) is 24.4 Å². The molecule has 2 aromatic heterocycles. The average Bonchev–Trinajstić information content (AvgIpc) is 3.03. The molecule has 0 aliphatic carbocycles. The van der Waals surface area contributed by atoms with E-state index < -0.39 is 11.7 Å². The first-order valence-electron chi connectivity index (χ1n) is 9.82. The van der Waals surface area contributed by atoms with Gasteiger partial charge in [0.25, 0.3) is 0 Å². The van der Waals surface area contributed by atoms with Gasteiger partial charge in [-0.25, -0.2) is 9.78 Å². The summed E-state index contributed by atoms with van der Waals surface area (Å²) in [4.78, 5) is 16.2. The summed E-state index contributed by atoms with van der Waals surface area (Å²) < 4.78 is 12.8. The number of carbonyl (C=O) groups excluding carboxylic acids is 1. The number of thiazole rings is 1. The molecule has 0 saturated heterocycles. The number of hydrogen-bond acceptors (Lipinski definition) is 6. The monoisotopic (exact) mass is 417 g/mol. The number of nitrogens with one attached hydrogen (secondary N) is 1. The van der Waals surface area contributed by atoms with Gasteiger partial charge in [0.1, 0.15) is 16.9 Å². The van der Waals surface area contributed by atoms with E-state index in [4.69, 9.17) is 9.47 Å². The minimum Gasteiger partial charge on any atom is -0.618 e. The first-order chi connectivity index (χ1) is 13.8. The quantitative estimate of drug-likeness (QED) is 0.351. The van der Waals surface area contributed by atoms with Crippen LogP contribution in [0.25, 0.3) is 21.1 Å². The van der Waals surface area contributed by atoms with Crippen molar-refractivity contribution in [2.45, 2.75) is 52.6 Å². The summed E-state index contributed by atoms with van der Waals surface area (Å²) in [7, 11) is 0. The van der Waals surface area contributed by atoms with Crippen molar-refractivity contribution in [1.29, 1.82) is 0 Å². The highest BCUT2D eigenvalue weighted by atomic mass is 32.1. The predicted octanol–water partition coefficient (Wildman–Crippen LogP) is 4.33. The second-order valence-electron chi connectivity index (χ2n) is 7.84. The lowest BCUT2D eigenvalue weighted by molar-refractivity contribution is -0.575. The number of hydrogen-bond donors (Lipinski definition) is 1. The molecule has 0 fully saturated rings. The summed E-state index contributed by atoms with van der Waals surface area (Å²) in [5.41, 5.74) is 0.789. The molecule has 156 valence electrons. The molecule has 0 spiro atoms. The van der Waals surface area contributed by atoms with Crippen molar-refractivity contribution in [2.24, 2.45) is 0 Å². The maximum absolute atomic E-state index is 12.4. The first-order valence-corrected chi connectivity index (χ1v) is 10.6. The second-order valence-corrected chi connectivity index (χ2v) is 8.92. The summed E-state index contributed by atoms with van der Waals surface area (Å²) in [5, 5.41) is 17.1. The zero-order valence-electron chi connectivity index (χ0n) is 17.3. The molecule has 7 nitrogen and oxygen atoms in total. The molecule has 1 amide bonds. The van der Waals surface area contributed by atoms with Crippen molar-refractivity contribution in [1.82, 2.24) is 10.3 Å². The average molecular weight is 418 g/mol. The molecular formula is C21H27N3O4S. The van der Waals surface area contributed by atoms with Crippen LogP contribution < -0.4 is 14.8 Å². The van der Waals surface area contributed by atoms with Crippen molar-refractivity contribution in [3.8, 4) is 5.75 Å². The Morgan fingerprint density at radius 3 is 2.86 bits per heavy atom. The standard InChI is InChI=1S/C21H27N3O4S/c1-5-7-18-23-16-13-24(26)17-12-14(8-9-15(17)19(16)29-18)27-11-6-10-22-20(25)28-21(2,3)4/h8-9,12-13H,5-7,10-11H2,1-4H3,(H,22,25). The molecule has 0 aliphatic heterocycles. The number of ether oxygens (including phenoxy) is 2. The number of aryl methyl sites for hydroxylation is 1. The Kier molecular flexibility index (Phi) is 6.42. The number of carbonyl (C=O) groups is 1. The zero-order valence-corrected chi connectivity index (χ0v) is 18.1. The Morgan fingerprint density at radius 1 is 1.34 bits per heavy atom. The molecule has 3 rings (SSSR count). The lowest BCUT2D eigenvalue weighted by Crippen LogP contribution is -2.33. The van der Waals surface area contributed by atoms with Crippen LogP contribution in [0.2, 0.25) is 0 Å². The fourth-order valence-electron chi connectivity index (χ4n) is 2.90. The molecule has 0 saturated carbocycles. The molecule has 8 heteroatoms. The Balaban J connectivity index is 1.62. The molecule has 1 N–H and O–H groups in total. The predicted molar refractivity (Wildman–Crippen MR) is 114 cm³/mol. The van der Waals surface area contributed by atoms with Crippen molar-refractivity contribution >= 4 is 38.5 Å². The van der Waals surface area contributed by atoms with Gasteiger partial charge in [-0.1, -0.05) is 6.92 Å². The van der Waals surface area contributed by atoms with Crippen LogP contribution in [0.4, 0.5) is 4.79 Å². The van der Waals surface area contributed by atoms with Gasteiger partial charge in [0, 0.05) is 6.54 Å². The normalized spacial score (nSPS) is 11.7. The SMILES string of the molecule is CCCc1nc2c[n+]([O-])c3cc(OCCCNC(=O)OC(C)(C)C)ccc3c2s1. The number of benzene rings is 1. The number of nitrogens with zero attached hydrogens (tertiary/aromatic N) is 2. The van der Waals surface area contributed by atoms with E-state index in [-0.39, 0.29) is 0 Å². The number of aromatic nitrogens is 2. The van der Waals surface area contributed by atoms with E-state index in [1.54, 1.807) is 17.4 Å². The lowest BCUT2D eigenvalue weighted by Gasteiger charge is -2.19. The van der Waals surface area contributed by atoms with Gasteiger partial charge in [-0.05, 0) is 52.2 Å². The fraction of sp³-hybridized carbons (Fsp3) is 0.476. The van der Waals surface area contributed by atoms with Gasteiger partial charge in [0.15, 0.2) is 0 Å². The maximum Gasteiger partial charge on any atom is 0.407 e. The van der Waals surface area contributed by atoms with Crippen LogP contribution >= 0.6 is 11.3 Å². The molecule has 29 heavy (non-hydrogen) atoms. The highest BCUT2D eigenvalue weighted by Crippen LogP contribution is 2.30. The van der Waals surface area contributed by atoms with Gasteiger partial charge in [-0.2, -0.15) is 4.73 Å². The lowest BCUT2D eigenvalue weighted by atomic mass is 10.2. The smallest absolute Gasteiger partial charge is 0.407 e. The zero-order chi connectivity index (χ0) is 21.0. The van der Waals surface area contributed by atoms with Gasteiger partial charge >= 0.3 is 6.09 Å². The van der Waals surface area contributed by atoms with Gasteiger partial charge in [0.2, 0.25) is 11.7 Å². The minimum absolute atomic E-state index is 0.420. The number of amides is 1. The van der Waals surface area contributed by atoms with E-state index in [0.717, 1.165) is 38.2 Å². The van der Waals surface area contributed by atoms with Crippen molar-refractivity contribution in [3.05, 3.63) is 34.6 Å². The van der Waals surface area contributed by atoms with Crippen LogP contribution in [0.5, 0.6) is 5.75 Å². The Hall–Kier alpha value is -2.61. The minimum atomic E-state index is -0.514. The summed E-state index contributed by atoms with van der Waals surface area (Å²) in [6.07, 6.45) is 3.66. The van der Waals surface area contributed by atoms with Gasteiger partial charge in [-0.3, -0.25) is 0 Å². The summed E-state index contributed by atoms with van der Waals surface area (Å²) in [6, 6.07) is 5.53. The third-order valence-electron chi connectivity index (χ3n) is 4.11. The van der Waals surface area contributed by atoms with E-state index in [2.05, 4.69) is 17.2 Å². The topological polar surface area (TPSA) is 87.4 Å². The third-order valence-corrected chi connectivity index (χ3v) is 5.27. The van der Waals surface area contributed by atoms with Crippen LogP contribution in [0.1, 0.15) is 45.5 Å². The fourth-order valence-corrected chi connectivity index (χ4v) is 4.07. The van der Waals surface area contributed by atoms with Crippen molar-refractivity contribution < 1.29 is 19.0 Å². The second kappa shape index (κ2) is 8.82. The third kappa shape index (κ3) is 5.47. The van der Waals surface area contributed by atoms with E-state index in [9.17, 15) is 10.0 Å². The molecule has 3 aromatic rings. The summed E-state index contributed by atoms with van der Waals surface area (Å²) in [5.74, 6) is 0.622. The molecular weight excluding hydrogens is 390 g/mol. The molecule has 0 unspecified atom stereocenters. The molecule has 0 bridgehead atoms. The van der Waals surface area contributed by atoms with Crippen LogP contribution in [0, 0.1) is 5.21 Å². The van der Waals surface area contributed by atoms with E-state index in [1.165, 1.54) is 6.20 Å². The highest BCUT2D eigenvalue weighted by molar-refractivity contribution is 7.19. The van der Waals surface area contributed by atoms with E-state index >= 15 is 0 Å². The number of alkyl carbamates (subject to hydrolysis) is 1. The number of rotatable bonds is 7. The molecule has 0 radical (unpaired) electrons. The van der Waals surface area contributed by atoms with Crippen LogP contribution in [-0.2, 0) is 11.2 Å². The molecule has 0 aliphatic rings. The largest absolute Gasteiger partial charge is 0.618 e. The van der Waals surface area contributed by atoms with Crippen molar-refractivity contribution in [2.75, 3.05) is 13.2 Å². The Bertz CT molecular complexity index is 1010. The van der Waals surface area contributed by atoms with Gasteiger partial charge in [0.05, 0.1) is 27.8 Å².